The maximum Gasteiger partial charge on any atom is 0.267 e. The van der Waals surface area contributed by atoms with Gasteiger partial charge in [0.15, 0.2) is 5.16 Å². The summed E-state index contributed by atoms with van der Waals surface area (Å²) < 4.78 is 1.75. The van der Waals surface area contributed by atoms with Gasteiger partial charge in [-0.25, -0.2) is 4.98 Å². The molecule has 1 aliphatic rings. The summed E-state index contributed by atoms with van der Waals surface area (Å²) in [4.78, 5) is 22.8. The van der Waals surface area contributed by atoms with Crippen LogP contribution >= 0.6 is 23.1 Å². The number of para-hydroxylation sites is 1. The number of nitrogens with zero attached hydrogens (tertiary/aromatic N) is 4. The Morgan fingerprint density at radius 1 is 1.10 bits per heavy atom. The van der Waals surface area contributed by atoms with Crippen molar-refractivity contribution in [3.63, 3.8) is 0 Å². The third kappa shape index (κ3) is 3.90. The molecule has 1 aliphatic heterocycles. The van der Waals surface area contributed by atoms with Crippen LogP contribution in [0.3, 0.4) is 0 Å². The Hall–Kier alpha value is -2.92. The lowest BCUT2D eigenvalue weighted by molar-refractivity contribution is 0.289. The lowest BCUT2D eigenvalue weighted by atomic mass is 10.1. The van der Waals surface area contributed by atoms with E-state index in [1.807, 2.05) is 48.5 Å². The van der Waals surface area contributed by atoms with Gasteiger partial charge in [0, 0.05) is 23.7 Å². The van der Waals surface area contributed by atoms with E-state index >= 15 is 0 Å². The van der Waals surface area contributed by atoms with Crippen LogP contribution in [-0.2, 0) is 18.7 Å². The van der Waals surface area contributed by atoms with Gasteiger partial charge in [-0.3, -0.25) is 14.3 Å². The van der Waals surface area contributed by atoms with E-state index in [9.17, 15) is 4.79 Å². The average Bonchev–Trinajstić information content (AvgIpc) is 3.17. The van der Waals surface area contributed by atoms with E-state index in [0.29, 0.717) is 18.2 Å². The third-order valence-electron chi connectivity index (χ3n) is 5.44. The maximum absolute atomic E-state index is 13.8. The van der Waals surface area contributed by atoms with Gasteiger partial charge in [0.2, 0.25) is 0 Å². The van der Waals surface area contributed by atoms with Crippen LogP contribution in [0.15, 0.2) is 70.6 Å². The molecule has 0 amide bonds. The van der Waals surface area contributed by atoms with E-state index in [4.69, 9.17) is 10.2 Å². The van der Waals surface area contributed by atoms with Crippen molar-refractivity contribution in [2.45, 2.75) is 23.9 Å². The number of hydrogen-bond acceptors (Lipinski definition) is 6. The second-order valence-electron chi connectivity index (χ2n) is 7.45. The zero-order valence-electron chi connectivity index (χ0n) is 16.8. The first-order chi connectivity index (χ1) is 15.2. The van der Waals surface area contributed by atoms with Gasteiger partial charge in [0.25, 0.3) is 5.56 Å². The van der Waals surface area contributed by atoms with Crippen LogP contribution in [0.1, 0.15) is 16.0 Å². The SMILES string of the molecule is N#CCN1CCc2c(sc3nc(SCc4ccccc4)n(-c4ccccc4)c(=O)c23)C1. The van der Waals surface area contributed by atoms with Gasteiger partial charge in [-0.1, -0.05) is 60.3 Å². The number of rotatable bonds is 5. The minimum Gasteiger partial charge on any atom is -0.285 e. The van der Waals surface area contributed by atoms with Crippen LogP contribution < -0.4 is 5.56 Å². The van der Waals surface area contributed by atoms with Crippen LogP contribution in [0.5, 0.6) is 0 Å². The average molecular weight is 445 g/mol. The molecule has 2 aromatic carbocycles. The lowest BCUT2D eigenvalue weighted by Gasteiger charge is -2.23. The Bertz CT molecular complexity index is 1320. The zero-order chi connectivity index (χ0) is 21.2. The van der Waals surface area contributed by atoms with E-state index in [1.54, 1.807) is 27.7 Å². The number of benzene rings is 2. The standard InChI is InChI=1S/C24H20N4OS2/c25-12-14-27-13-11-19-20(15-27)31-22-21(19)23(29)28(18-9-5-2-6-10-18)24(26-22)30-16-17-7-3-1-4-8-17/h1-10H,11,13-16H2. The van der Waals surface area contributed by atoms with Crippen molar-refractivity contribution < 1.29 is 0 Å². The van der Waals surface area contributed by atoms with E-state index < -0.39 is 0 Å². The molecule has 0 N–H and O–H groups in total. The van der Waals surface area contributed by atoms with Crippen molar-refractivity contribution in [2.75, 3.05) is 13.1 Å². The molecule has 31 heavy (non-hydrogen) atoms. The van der Waals surface area contributed by atoms with Crippen LogP contribution in [0, 0.1) is 11.3 Å². The number of fused-ring (bicyclic) bond motifs is 3. The van der Waals surface area contributed by atoms with Crippen LogP contribution in [-0.4, -0.2) is 27.5 Å². The topological polar surface area (TPSA) is 61.9 Å². The summed E-state index contributed by atoms with van der Waals surface area (Å²) in [5, 5.41) is 10.5. The largest absolute Gasteiger partial charge is 0.285 e. The molecule has 5 nitrogen and oxygen atoms in total. The van der Waals surface area contributed by atoms with Crippen molar-refractivity contribution in [1.29, 1.82) is 5.26 Å². The third-order valence-corrected chi connectivity index (χ3v) is 7.56. The summed E-state index contributed by atoms with van der Waals surface area (Å²) in [6, 6.07) is 22.2. The smallest absolute Gasteiger partial charge is 0.267 e. The number of aromatic nitrogens is 2. The van der Waals surface area contributed by atoms with Gasteiger partial charge in [-0.15, -0.1) is 11.3 Å². The fourth-order valence-corrected chi connectivity index (χ4v) is 6.21. The second kappa shape index (κ2) is 8.67. The Morgan fingerprint density at radius 2 is 1.84 bits per heavy atom. The Balaban J connectivity index is 1.63. The number of thiophene rings is 1. The molecule has 0 aliphatic carbocycles. The van der Waals surface area contributed by atoms with Gasteiger partial charge < -0.3 is 0 Å². The Labute approximate surface area is 188 Å². The minimum absolute atomic E-state index is 0.00186. The highest BCUT2D eigenvalue weighted by Crippen LogP contribution is 2.34. The molecular weight excluding hydrogens is 424 g/mol. The minimum atomic E-state index is -0.00186. The maximum atomic E-state index is 13.8. The van der Waals surface area contributed by atoms with Crippen LogP contribution in [0.25, 0.3) is 15.9 Å². The highest BCUT2D eigenvalue weighted by molar-refractivity contribution is 7.98. The summed E-state index contributed by atoms with van der Waals surface area (Å²) in [7, 11) is 0. The molecule has 0 bridgehead atoms. The number of hydrogen-bond donors (Lipinski definition) is 0. The monoisotopic (exact) mass is 444 g/mol. The van der Waals surface area contributed by atoms with E-state index in [1.165, 1.54) is 5.56 Å². The van der Waals surface area contributed by atoms with Crippen molar-refractivity contribution in [2.24, 2.45) is 0 Å². The molecule has 0 unspecified atom stereocenters. The van der Waals surface area contributed by atoms with E-state index in [0.717, 1.165) is 45.1 Å². The highest BCUT2D eigenvalue weighted by atomic mass is 32.2. The summed E-state index contributed by atoms with van der Waals surface area (Å²) >= 11 is 3.18. The molecular formula is C24H20N4OS2. The predicted molar refractivity (Wildman–Crippen MR) is 126 cm³/mol. The molecule has 4 aromatic rings. The van der Waals surface area contributed by atoms with Crippen LogP contribution in [0.4, 0.5) is 0 Å². The van der Waals surface area contributed by atoms with Gasteiger partial charge in [-0.2, -0.15) is 5.26 Å². The van der Waals surface area contributed by atoms with E-state index in [2.05, 4.69) is 23.1 Å². The van der Waals surface area contributed by atoms with Crippen molar-refractivity contribution in [3.8, 4) is 11.8 Å². The van der Waals surface area contributed by atoms with Gasteiger partial charge >= 0.3 is 0 Å². The molecule has 7 heteroatoms. The summed E-state index contributed by atoms with van der Waals surface area (Å²) in [5.74, 6) is 0.743. The fourth-order valence-electron chi connectivity index (χ4n) is 3.94. The summed E-state index contributed by atoms with van der Waals surface area (Å²) in [6.45, 7) is 1.91. The van der Waals surface area contributed by atoms with Gasteiger partial charge in [-0.05, 0) is 29.7 Å². The van der Waals surface area contributed by atoms with Gasteiger partial charge in [0.1, 0.15) is 4.83 Å². The summed E-state index contributed by atoms with van der Waals surface area (Å²) in [5.41, 5.74) is 3.13. The molecule has 154 valence electrons. The first-order valence-electron chi connectivity index (χ1n) is 10.1. The molecule has 0 saturated heterocycles. The van der Waals surface area contributed by atoms with Gasteiger partial charge in [0.05, 0.1) is 23.7 Å². The van der Waals surface area contributed by atoms with E-state index in [-0.39, 0.29) is 5.56 Å². The zero-order valence-corrected chi connectivity index (χ0v) is 18.5. The molecule has 0 spiro atoms. The quantitative estimate of drug-likeness (QED) is 0.255. The second-order valence-corrected chi connectivity index (χ2v) is 9.47. The first kappa shape index (κ1) is 20.0. The van der Waals surface area contributed by atoms with Crippen molar-refractivity contribution in [3.05, 3.63) is 87.0 Å². The molecule has 0 radical (unpaired) electrons. The Kier molecular flexibility index (Phi) is 5.60. The normalized spacial score (nSPS) is 13.8. The molecule has 0 saturated carbocycles. The molecule has 2 aromatic heterocycles. The molecule has 3 heterocycles. The first-order valence-corrected chi connectivity index (χ1v) is 11.9. The molecule has 5 rings (SSSR count). The number of nitriles is 1. The highest BCUT2D eigenvalue weighted by Gasteiger charge is 2.25. The van der Waals surface area contributed by atoms with Crippen molar-refractivity contribution >= 4 is 33.3 Å². The Morgan fingerprint density at radius 3 is 2.58 bits per heavy atom. The number of thioether (sulfide) groups is 1. The summed E-state index contributed by atoms with van der Waals surface area (Å²) in [6.07, 6.45) is 0.777. The van der Waals surface area contributed by atoms with Crippen LogP contribution in [0.2, 0.25) is 0 Å². The molecule has 0 atom stereocenters. The van der Waals surface area contributed by atoms with Crippen molar-refractivity contribution in [1.82, 2.24) is 14.5 Å². The lowest BCUT2D eigenvalue weighted by Crippen LogP contribution is -2.30. The predicted octanol–water partition coefficient (Wildman–Crippen LogP) is 4.62. The fraction of sp³-hybridized carbons (Fsp3) is 0.208. The molecule has 0 fully saturated rings.